The van der Waals surface area contributed by atoms with E-state index in [0.717, 1.165) is 29.9 Å². The van der Waals surface area contributed by atoms with Crippen molar-refractivity contribution in [1.29, 1.82) is 0 Å². The van der Waals surface area contributed by atoms with Crippen LogP contribution in [0.25, 0.3) is 0 Å². The van der Waals surface area contributed by atoms with E-state index < -0.39 is 5.92 Å². The van der Waals surface area contributed by atoms with Crippen LogP contribution in [-0.2, 0) is 18.3 Å². The maximum atomic E-state index is 13.1. The Hall–Kier alpha value is -1.46. The highest BCUT2D eigenvalue weighted by molar-refractivity contribution is 5.91. The van der Waals surface area contributed by atoms with Gasteiger partial charge in [0, 0.05) is 31.9 Å². The molecule has 4 nitrogen and oxygen atoms in total. The van der Waals surface area contributed by atoms with Gasteiger partial charge in [0.25, 0.3) is 0 Å². The Kier molecular flexibility index (Phi) is 4.67. The number of anilines is 1. The van der Waals surface area contributed by atoms with Gasteiger partial charge in [0.1, 0.15) is 5.82 Å². The quantitative estimate of drug-likeness (QED) is 0.842. The van der Waals surface area contributed by atoms with Gasteiger partial charge >= 0.3 is 0 Å². The summed E-state index contributed by atoms with van der Waals surface area (Å²) >= 11 is 0. The molecule has 2 aliphatic rings. The lowest BCUT2D eigenvalue weighted by atomic mass is 9.75. The highest BCUT2D eigenvalue weighted by Gasteiger charge is 2.46. The highest BCUT2D eigenvalue weighted by Crippen LogP contribution is 2.47. The number of carbonyl (C=O) groups is 1. The van der Waals surface area contributed by atoms with Crippen molar-refractivity contribution >= 4 is 11.7 Å². The molecule has 1 heterocycles. The SMILES string of the molecule is CC(C)CC(=O)Nc1c(C2CCC2)c(CC2CC(F)(F)C2)nn1C. The molecular weight excluding hydrogens is 312 g/mol. The number of nitrogens with one attached hydrogen (secondary N) is 1. The Morgan fingerprint density at radius 1 is 1.38 bits per heavy atom. The molecule has 0 bridgehead atoms. The van der Waals surface area contributed by atoms with Gasteiger partial charge in [-0.15, -0.1) is 0 Å². The Morgan fingerprint density at radius 2 is 2.04 bits per heavy atom. The van der Waals surface area contributed by atoms with E-state index in [1.54, 1.807) is 4.68 Å². The van der Waals surface area contributed by atoms with E-state index in [-0.39, 0.29) is 24.7 Å². The second kappa shape index (κ2) is 6.45. The summed E-state index contributed by atoms with van der Waals surface area (Å²) in [6.07, 6.45) is 4.35. The minimum atomic E-state index is -2.50. The number of amides is 1. The average molecular weight is 339 g/mol. The van der Waals surface area contributed by atoms with Gasteiger partial charge in [-0.3, -0.25) is 9.48 Å². The van der Waals surface area contributed by atoms with Gasteiger partial charge in [-0.2, -0.15) is 5.10 Å². The van der Waals surface area contributed by atoms with Gasteiger partial charge in [0.05, 0.1) is 5.69 Å². The third-order valence-corrected chi connectivity index (χ3v) is 5.18. The van der Waals surface area contributed by atoms with Gasteiger partial charge in [0.15, 0.2) is 0 Å². The molecule has 1 N–H and O–H groups in total. The minimum Gasteiger partial charge on any atom is -0.311 e. The maximum absolute atomic E-state index is 13.1. The van der Waals surface area contributed by atoms with Crippen LogP contribution in [0.4, 0.5) is 14.6 Å². The molecule has 0 radical (unpaired) electrons. The van der Waals surface area contributed by atoms with Crippen molar-refractivity contribution in [1.82, 2.24) is 9.78 Å². The molecule has 0 aliphatic heterocycles. The third-order valence-electron chi connectivity index (χ3n) is 5.18. The molecule has 0 saturated heterocycles. The number of nitrogens with zero attached hydrogens (tertiary/aromatic N) is 2. The van der Waals surface area contributed by atoms with E-state index in [2.05, 4.69) is 10.4 Å². The van der Waals surface area contributed by atoms with Crippen LogP contribution in [0, 0.1) is 11.8 Å². The van der Waals surface area contributed by atoms with Crippen LogP contribution in [0.1, 0.15) is 69.5 Å². The number of hydrogen-bond donors (Lipinski definition) is 1. The summed E-state index contributed by atoms with van der Waals surface area (Å²) in [6, 6.07) is 0. The topological polar surface area (TPSA) is 46.9 Å². The Labute approximate surface area is 142 Å². The van der Waals surface area contributed by atoms with E-state index >= 15 is 0 Å². The number of rotatable bonds is 6. The summed E-state index contributed by atoms with van der Waals surface area (Å²) in [5.41, 5.74) is 2.00. The summed E-state index contributed by atoms with van der Waals surface area (Å²) in [4.78, 5) is 12.2. The normalized spacial score (nSPS) is 20.8. The summed E-state index contributed by atoms with van der Waals surface area (Å²) in [5.74, 6) is -1.02. The lowest BCUT2D eigenvalue weighted by Crippen LogP contribution is -2.36. The molecule has 0 unspecified atom stereocenters. The molecule has 2 fully saturated rings. The molecule has 1 aromatic rings. The minimum absolute atomic E-state index is 0.00435. The molecule has 1 aromatic heterocycles. The van der Waals surface area contributed by atoms with E-state index in [0.29, 0.717) is 24.7 Å². The largest absolute Gasteiger partial charge is 0.311 e. The summed E-state index contributed by atoms with van der Waals surface area (Å²) < 4.78 is 28.0. The van der Waals surface area contributed by atoms with E-state index in [4.69, 9.17) is 0 Å². The number of alkyl halides is 2. The Balaban J connectivity index is 1.78. The third kappa shape index (κ3) is 3.62. The summed E-state index contributed by atoms with van der Waals surface area (Å²) in [7, 11) is 1.83. The lowest BCUT2D eigenvalue weighted by Gasteiger charge is -2.35. The first-order valence-corrected chi connectivity index (χ1v) is 8.98. The van der Waals surface area contributed by atoms with Gasteiger partial charge in [0.2, 0.25) is 11.8 Å². The van der Waals surface area contributed by atoms with Crippen LogP contribution in [0.3, 0.4) is 0 Å². The maximum Gasteiger partial charge on any atom is 0.248 e. The fourth-order valence-electron chi connectivity index (χ4n) is 3.78. The van der Waals surface area contributed by atoms with Crippen LogP contribution in [0.5, 0.6) is 0 Å². The van der Waals surface area contributed by atoms with Gasteiger partial charge < -0.3 is 5.32 Å². The lowest BCUT2D eigenvalue weighted by molar-refractivity contribution is -0.117. The van der Waals surface area contributed by atoms with Gasteiger partial charge in [-0.05, 0) is 37.0 Å². The molecule has 2 aliphatic carbocycles. The zero-order chi connectivity index (χ0) is 17.5. The molecule has 1 amide bonds. The first kappa shape index (κ1) is 17.4. The number of aryl methyl sites for hydroxylation is 1. The van der Waals surface area contributed by atoms with Crippen molar-refractivity contribution < 1.29 is 13.6 Å². The molecule has 24 heavy (non-hydrogen) atoms. The fraction of sp³-hybridized carbons (Fsp3) is 0.778. The second-order valence-electron chi connectivity index (χ2n) is 7.94. The van der Waals surface area contributed by atoms with E-state index in [9.17, 15) is 13.6 Å². The van der Waals surface area contributed by atoms with Gasteiger partial charge in [-0.1, -0.05) is 20.3 Å². The molecule has 134 valence electrons. The van der Waals surface area contributed by atoms with Crippen LogP contribution in [0.15, 0.2) is 0 Å². The second-order valence-corrected chi connectivity index (χ2v) is 7.94. The zero-order valence-electron chi connectivity index (χ0n) is 14.7. The number of halogens is 2. The van der Waals surface area contributed by atoms with Crippen molar-refractivity contribution in [2.75, 3.05) is 5.32 Å². The average Bonchev–Trinajstić information content (AvgIpc) is 2.62. The first-order valence-electron chi connectivity index (χ1n) is 8.98. The van der Waals surface area contributed by atoms with Crippen LogP contribution in [0.2, 0.25) is 0 Å². The smallest absolute Gasteiger partial charge is 0.248 e. The van der Waals surface area contributed by atoms with Crippen LogP contribution < -0.4 is 5.32 Å². The van der Waals surface area contributed by atoms with Crippen molar-refractivity contribution in [3.8, 4) is 0 Å². The standard InChI is InChI=1S/C18H27F2N3O/c1-11(2)7-15(24)21-17-16(13-5-4-6-13)14(22-23(17)3)8-12-9-18(19,20)10-12/h11-13H,4-10H2,1-3H3,(H,21,24). The molecule has 0 aromatic carbocycles. The van der Waals surface area contributed by atoms with Gasteiger partial charge in [-0.25, -0.2) is 8.78 Å². The fourth-order valence-corrected chi connectivity index (χ4v) is 3.78. The van der Waals surface area contributed by atoms with Crippen LogP contribution >= 0.6 is 0 Å². The number of carbonyl (C=O) groups excluding carboxylic acids is 1. The van der Waals surface area contributed by atoms with Crippen LogP contribution in [-0.4, -0.2) is 21.6 Å². The Morgan fingerprint density at radius 3 is 2.54 bits per heavy atom. The van der Waals surface area contributed by atoms with Crippen molar-refractivity contribution in [3.05, 3.63) is 11.3 Å². The van der Waals surface area contributed by atoms with E-state index in [1.165, 1.54) is 6.42 Å². The van der Waals surface area contributed by atoms with E-state index in [1.807, 2.05) is 20.9 Å². The summed E-state index contributed by atoms with van der Waals surface area (Å²) in [5, 5.41) is 7.59. The van der Waals surface area contributed by atoms with Crippen molar-refractivity contribution in [3.63, 3.8) is 0 Å². The number of hydrogen-bond acceptors (Lipinski definition) is 2. The Bertz CT molecular complexity index is 612. The van der Waals surface area contributed by atoms with Crippen molar-refractivity contribution in [2.24, 2.45) is 18.9 Å². The van der Waals surface area contributed by atoms with Crippen molar-refractivity contribution in [2.45, 2.75) is 70.6 Å². The molecule has 0 spiro atoms. The summed E-state index contributed by atoms with van der Waals surface area (Å²) in [6.45, 7) is 4.02. The first-order chi connectivity index (χ1) is 11.2. The monoisotopic (exact) mass is 339 g/mol. The zero-order valence-corrected chi connectivity index (χ0v) is 14.7. The molecule has 0 atom stereocenters. The predicted molar refractivity (Wildman–Crippen MR) is 89.3 cm³/mol. The molecule has 2 saturated carbocycles. The molecular formula is C18H27F2N3O. The molecule has 6 heteroatoms. The predicted octanol–water partition coefficient (Wildman–Crippen LogP) is 4.26. The number of aromatic nitrogens is 2. The highest BCUT2D eigenvalue weighted by atomic mass is 19.3. The molecule has 3 rings (SSSR count).